The standard InChI is InChI=1S/C17H26FNO3/c1-12(2)6-8-19-9-7-15(14(20)11-19)22-16-5-4-13(18)10-17(16)21-3/h4-5,10,12,14-15,20H,6-9,11H2,1-3H3/t14-,15-/m1/s1. The van der Waals surface area contributed by atoms with Gasteiger partial charge in [0.05, 0.1) is 7.11 Å². The summed E-state index contributed by atoms with van der Waals surface area (Å²) in [5.41, 5.74) is 0. The fourth-order valence-corrected chi connectivity index (χ4v) is 2.66. The Morgan fingerprint density at radius 1 is 1.36 bits per heavy atom. The molecule has 2 atom stereocenters. The van der Waals surface area contributed by atoms with E-state index in [9.17, 15) is 9.50 Å². The molecule has 0 unspecified atom stereocenters. The number of hydrogen-bond acceptors (Lipinski definition) is 4. The zero-order chi connectivity index (χ0) is 16.1. The fraction of sp³-hybridized carbons (Fsp3) is 0.647. The van der Waals surface area contributed by atoms with Crippen molar-refractivity contribution in [2.24, 2.45) is 5.92 Å². The predicted molar refractivity (Wildman–Crippen MR) is 83.9 cm³/mol. The molecule has 5 heteroatoms. The molecule has 0 amide bonds. The van der Waals surface area contributed by atoms with Crippen LogP contribution in [0.2, 0.25) is 0 Å². The van der Waals surface area contributed by atoms with Crippen molar-refractivity contribution in [2.45, 2.75) is 38.9 Å². The third kappa shape index (κ3) is 4.58. The molecule has 1 aromatic carbocycles. The second-order valence-corrected chi connectivity index (χ2v) is 6.29. The number of β-amino-alcohol motifs (C(OH)–C–C–N with tert-alkyl or cyclic N) is 1. The number of likely N-dealkylation sites (tertiary alicyclic amines) is 1. The third-order valence-corrected chi connectivity index (χ3v) is 4.03. The van der Waals surface area contributed by atoms with Crippen LogP contribution in [0.4, 0.5) is 4.39 Å². The zero-order valence-corrected chi connectivity index (χ0v) is 13.6. The highest BCUT2D eigenvalue weighted by molar-refractivity contribution is 5.40. The van der Waals surface area contributed by atoms with Crippen molar-refractivity contribution in [1.29, 1.82) is 0 Å². The van der Waals surface area contributed by atoms with Gasteiger partial charge in [-0.1, -0.05) is 13.8 Å². The molecule has 0 saturated carbocycles. The van der Waals surface area contributed by atoms with E-state index in [0.29, 0.717) is 24.0 Å². The predicted octanol–water partition coefficient (Wildman–Crippen LogP) is 2.69. The van der Waals surface area contributed by atoms with Crippen molar-refractivity contribution in [3.05, 3.63) is 24.0 Å². The van der Waals surface area contributed by atoms with Crippen LogP contribution in [0.1, 0.15) is 26.7 Å². The van der Waals surface area contributed by atoms with Gasteiger partial charge in [0.2, 0.25) is 0 Å². The SMILES string of the molecule is COc1cc(F)ccc1O[C@@H]1CCN(CCC(C)C)C[C@H]1O. The first-order chi connectivity index (χ1) is 10.5. The first kappa shape index (κ1) is 17.0. The Kier molecular flexibility index (Phi) is 6.03. The minimum atomic E-state index is -0.546. The van der Waals surface area contributed by atoms with Crippen molar-refractivity contribution >= 4 is 0 Å². The number of methoxy groups -OCH3 is 1. The Hall–Kier alpha value is -1.33. The average Bonchev–Trinajstić information content (AvgIpc) is 2.49. The van der Waals surface area contributed by atoms with Crippen LogP contribution >= 0.6 is 0 Å². The summed E-state index contributed by atoms with van der Waals surface area (Å²) in [6.07, 6.45) is 1.05. The van der Waals surface area contributed by atoms with E-state index >= 15 is 0 Å². The van der Waals surface area contributed by atoms with Gasteiger partial charge in [-0.05, 0) is 37.4 Å². The average molecular weight is 311 g/mol. The van der Waals surface area contributed by atoms with E-state index in [4.69, 9.17) is 9.47 Å². The number of nitrogens with zero attached hydrogens (tertiary/aromatic N) is 1. The molecule has 1 heterocycles. The maximum Gasteiger partial charge on any atom is 0.163 e. The topological polar surface area (TPSA) is 41.9 Å². The highest BCUT2D eigenvalue weighted by Crippen LogP contribution is 2.30. The molecule has 0 aromatic heterocycles. The van der Waals surface area contributed by atoms with E-state index in [0.717, 1.165) is 25.9 Å². The monoisotopic (exact) mass is 311 g/mol. The van der Waals surface area contributed by atoms with Gasteiger partial charge < -0.3 is 19.5 Å². The molecule has 0 bridgehead atoms. The Labute approximate surface area is 131 Å². The maximum absolute atomic E-state index is 13.2. The van der Waals surface area contributed by atoms with Crippen molar-refractivity contribution in [1.82, 2.24) is 4.90 Å². The Morgan fingerprint density at radius 3 is 2.77 bits per heavy atom. The summed E-state index contributed by atoms with van der Waals surface area (Å²) >= 11 is 0. The van der Waals surface area contributed by atoms with Crippen LogP contribution in [-0.2, 0) is 0 Å². The van der Waals surface area contributed by atoms with Gasteiger partial charge in [0.15, 0.2) is 11.5 Å². The van der Waals surface area contributed by atoms with E-state index in [2.05, 4.69) is 18.7 Å². The van der Waals surface area contributed by atoms with Gasteiger partial charge in [0.25, 0.3) is 0 Å². The first-order valence-corrected chi connectivity index (χ1v) is 7.90. The van der Waals surface area contributed by atoms with Crippen molar-refractivity contribution < 1.29 is 19.0 Å². The third-order valence-electron chi connectivity index (χ3n) is 4.03. The van der Waals surface area contributed by atoms with Gasteiger partial charge in [-0.25, -0.2) is 4.39 Å². The van der Waals surface area contributed by atoms with Gasteiger partial charge in [-0.15, -0.1) is 0 Å². The van der Waals surface area contributed by atoms with Gasteiger partial charge >= 0.3 is 0 Å². The molecule has 1 fully saturated rings. The molecule has 0 radical (unpaired) electrons. The van der Waals surface area contributed by atoms with E-state index in [1.54, 1.807) is 6.07 Å². The molecular weight excluding hydrogens is 285 g/mol. The quantitative estimate of drug-likeness (QED) is 0.877. The smallest absolute Gasteiger partial charge is 0.163 e. The lowest BCUT2D eigenvalue weighted by molar-refractivity contribution is -0.0269. The summed E-state index contributed by atoms with van der Waals surface area (Å²) in [5.74, 6) is 1.13. The molecule has 4 nitrogen and oxygen atoms in total. The molecule has 0 aliphatic carbocycles. The summed E-state index contributed by atoms with van der Waals surface area (Å²) in [4.78, 5) is 2.27. The lowest BCUT2D eigenvalue weighted by Crippen LogP contribution is -2.49. The number of aliphatic hydroxyl groups excluding tert-OH is 1. The first-order valence-electron chi connectivity index (χ1n) is 7.90. The Bertz CT molecular complexity index is 481. The van der Waals surface area contributed by atoms with Crippen LogP contribution in [-0.4, -0.2) is 49.0 Å². The molecular formula is C17H26FNO3. The molecule has 1 N–H and O–H groups in total. The number of benzene rings is 1. The molecule has 1 aromatic rings. The Balaban J connectivity index is 1.92. The normalized spacial score (nSPS) is 22.8. The van der Waals surface area contributed by atoms with E-state index < -0.39 is 6.10 Å². The second kappa shape index (κ2) is 7.79. The second-order valence-electron chi connectivity index (χ2n) is 6.29. The van der Waals surface area contributed by atoms with Gasteiger partial charge in [-0.2, -0.15) is 0 Å². The number of piperidine rings is 1. The largest absolute Gasteiger partial charge is 0.493 e. The number of rotatable bonds is 6. The maximum atomic E-state index is 13.2. The minimum Gasteiger partial charge on any atom is -0.493 e. The number of ether oxygens (including phenoxy) is 2. The molecule has 124 valence electrons. The Morgan fingerprint density at radius 2 is 2.14 bits per heavy atom. The molecule has 1 aliphatic heterocycles. The van der Waals surface area contributed by atoms with Gasteiger partial charge in [-0.3, -0.25) is 0 Å². The highest BCUT2D eigenvalue weighted by atomic mass is 19.1. The van der Waals surface area contributed by atoms with Crippen LogP contribution < -0.4 is 9.47 Å². The number of halogens is 1. The van der Waals surface area contributed by atoms with E-state index in [-0.39, 0.29) is 11.9 Å². The summed E-state index contributed by atoms with van der Waals surface area (Å²) in [6, 6.07) is 4.17. The summed E-state index contributed by atoms with van der Waals surface area (Å²) in [5, 5.41) is 10.3. The van der Waals surface area contributed by atoms with Crippen molar-refractivity contribution in [3.63, 3.8) is 0 Å². The molecule has 22 heavy (non-hydrogen) atoms. The van der Waals surface area contributed by atoms with E-state index in [1.807, 2.05) is 0 Å². The minimum absolute atomic E-state index is 0.283. The van der Waals surface area contributed by atoms with Crippen LogP contribution in [0.5, 0.6) is 11.5 Å². The van der Waals surface area contributed by atoms with Crippen LogP contribution in [0, 0.1) is 11.7 Å². The molecule has 1 aliphatic rings. The van der Waals surface area contributed by atoms with Gasteiger partial charge in [0, 0.05) is 19.2 Å². The molecule has 0 spiro atoms. The lowest BCUT2D eigenvalue weighted by Gasteiger charge is -2.36. The molecule has 1 saturated heterocycles. The lowest BCUT2D eigenvalue weighted by atomic mass is 10.0. The fourth-order valence-electron chi connectivity index (χ4n) is 2.66. The number of hydrogen-bond donors (Lipinski definition) is 1. The molecule has 2 rings (SSSR count). The summed E-state index contributed by atoms with van der Waals surface area (Å²) in [7, 11) is 1.48. The zero-order valence-electron chi connectivity index (χ0n) is 13.6. The van der Waals surface area contributed by atoms with E-state index in [1.165, 1.54) is 19.2 Å². The van der Waals surface area contributed by atoms with Crippen molar-refractivity contribution in [3.8, 4) is 11.5 Å². The summed E-state index contributed by atoms with van der Waals surface area (Å²) < 4.78 is 24.2. The van der Waals surface area contributed by atoms with Crippen LogP contribution in [0.3, 0.4) is 0 Å². The van der Waals surface area contributed by atoms with Crippen molar-refractivity contribution in [2.75, 3.05) is 26.7 Å². The van der Waals surface area contributed by atoms with Crippen LogP contribution in [0.15, 0.2) is 18.2 Å². The highest BCUT2D eigenvalue weighted by Gasteiger charge is 2.29. The van der Waals surface area contributed by atoms with Gasteiger partial charge in [0.1, 0.15) is 18.0 Å². The number of aliphatic hydroxyl groups is 1. The summed E-state index contributed by atoms with van der Waals surface area (Å²) in [6.45, 7) is 6.92. The van der Waals surface area contributed by atoms with Crippen LogP contribution in [0.25, 0.3) is 0 Å².